The van der Waals surface area contributed by atoms with E-state index in [9.17, 15) is 9.18 Å². The summed E-state index contributed by atoms with van der Waals surface area (Å²) in [4.78, 5) is 20.9. The van der Waals surface area contributed by atoms with Gasteiger partial charge >= 0.3 is 0 Å². The molecule has 1 amide bonds. The second-order valence-corrected chi connectivity index (χ2v) is 9.43. The number of halogens is 1. The summed E-state index contributed by atoms with van der Waals surface area (Å²) in [5, 5.41) is 4.07. The number of fused-ring (bicyclic) bond motifs is 1. The minimum atomic E-state index is -0.226. The van der Waals surface area contributed by atoms with E-state index in [1.807, 2.05) is 63.4 Å². The number of amides is 1. The standard InChI is InChI=1S/C29H30FN3O2.C2H6/c1-18-15-25(28(33-18)23-5-3-4-6-27(23)35-2)29(34)32-17-19-7-9-20(10-8-19)22-13-14-31-26-12-11-21(30)16-24(22)26;1-2/h3-6,11-16,19-20,33H,7-10,17H2,1-2H3,(H,32,34);1-2H3. The van der Waals surface area contributed by atoms with Crippen molar-refractivity contribution in [3.63, 3.8) is 0 Å². The molecule has 1 aliphatic rings. The van der Waals surface area contributed by atoms with E-state index in [1.165, 1.54) is 11.6 Å². The van der Waals surface area contributed by atoms with Gasteiger partial charge in [0.15, 0.2) is 0 Å². The van der Waals surface area contributed by atoms with Crippen LogP contribution in [-0.2, 0) is 0 Å². The molecule has 0 radical (unpaired) electrons. The number of benzene rings is 2. The number of carbonyl (C=O) groups excluding carboxylic acids is 1. The summed E-state index contributed by atoms with van der Waals surface area (Å²) >= 11 is 0. The molecule has 1 saturated carbocycles. The van der Waals surface area contributed by atoms with E-state index >= 15 is 0 Å². The molecule has 2 heterocycles. The Balaban J connectivity index is 0.00000156. The maximum Gasteiger partial charge on any atom is 0.253 e. The van der Waals surface area contributed by atoms with Crippen molar-refractivity contribution in [1.82, 2.24) is 15.3 Å². The van der Waals surface area contributed by atoms with Gasteiger partial charge in [-0.05, 0) is 92.5 Å². The molecule has 2 aromatic heterocycles. The number of nitrogens with one attached hydrogen (secondary N) is 2. The Morgan fingerprint density at radius 2 is 1.84 bits per heavy atom. The number of pyridine rings is 1. The smallest absolute Gasteiger partial charge is 0.253 e. The Morgan fingerprint density at radius 1 is 1.08 bits per heavy atom. The molecule has 4 aromatic rings. The first kappa shape index (κ1) is 26.4. The summed E-state index contributed by atoms with van der Waals surface area (Å²) in [6, 6.07) is 16.4. The lowest BCUT2D eigenvalue weighted by atomic mass is 9.78. The number of carbonyl (C=O) groups is 1. The van der Waals surface area contributed by atoms with E-state index in [1.54, 1.807) is 19.2 Å². The molecule has 0 spiro atoms. The summed E-state index contributed by atoms with van der Waals surface area (Å²) in [5.74, 6) is 1.24. The van der Waals surface area contributed by atoms with E-state index in [4.69, 9.17) is 4.74 Å². The zero-order valence-electron chi connectivity index (χ0n) is 22.1. The second-order valence-electron chi connectivity index (χ2n) is 9.43. The third kappa shape index (κ3) is 5.85. The van der Waals surface area contributed by atoms with Crippen LogP contribution >= 0.6 is 0 Å². The number of aromatic nitrogens is 2. The number of nitrogens with zero attached hydrogens (tertiary/aromatic N) is 1. The molecular weight excluding hydrogens is 465 g/mol. The van der Waals surface area contributed by atoms with Crippen LogP contribution < -0.4 is 10.1 Å². The molecule has 6 heteroatoms. The molecule has 5 rings (SSSR count). The predicted molar refractivity (Wildman–Crippen MR) is 148 cm³/mol. The summed E-state index contributed by atoms with van der Waals surface area (Å²) in [6.07, 6.45) is 5.91. The number of hydrogen-bond donors (Lipinski definition) is 2. The zero-order chi connectivity index (χ0) is 26.4. The van der Waals surface area contributed by atoms with Gasteiger partial charge in [0.1, 0.15) is 11.6 Å². The largest absolute Gasteiger partial charge is 0.496 e. The normalized spacial score (nSPS) is 17.1. The highest BCUT2D eigenvalue weighted by molar-refractivity contribution is 6.01. The van der Waals surface area contributed by atoms with Gasteiger partial charge in [-0.2, -0.15) is 0 Å². The molecule has 0 bridgehead atoms. The van der Waals surface area contributed by atoms with Gasteiger partial charge in [-0.3, -0.25) is 9.78 Å². The maximum absolute atomic E-state index is 13.9. The summed E-state index contributed by atoms with van der Waals surface area (Å²) < 4.78 is 19.4. The highest BCUT2D eigenvalue weighted by atomic mass is 19.1. The molecule has 1 fully saturated rings. The Bertz CT molecular complexity index is 1360. The molecule has 37 heavy (non-hydrogen) atoms. The average Bonchev–Trinajstić information content (AvgIpc) is 3.34. The third-order valence-corrected chi connectivity index (χ3v) is 7.15. The van der Waals surface area contributed by atoms with E-state index in [0.29, 0.717) is 23.9 Å². The number of aromatic amines is 1. The molecular formula is C31H36FN3O2. The lowest BCUT2D eigenvalue weighted by Gasteiger charge is -2.29. The Kier molecular flexibility index (Phi) is 8.59. The fourth-order valence-corrected chi connectivity index (χ4v) is 5.34. The van der Waals surface area contributed by atoms with Crippen molar-refractivity contribution in [3.8, 4) is 17.0 Å². The molecule has 0 unspecified atom stereocenters. The number of para-hydroxylation sites is 1. The lowest BCUT2D eigenvalue weighted by molar-refractivity contribution is 0.0943. The van der Waals surface area contributed by atoms with Crippen LogP contribution in [0.25, 0.3) is 22.2 Å². The second kappa shape index (κ2) is 12.0. The minimum absolute atomic E-state index is 0.0759. The number of hydrogen-bond acceptors (Lipinski definition) is 3. The van der Waals surface area contributed by atoms with Crippen molar-refractivity contribution in [3.05, 3.63) is 83.4 Å². The van der Waals surface area contributed by atoms with Crippen LogP contribution in [-0.4, -0.2) is 29.5 Å². The van der Waals surface area contributed by atoms with Crippen molar-refractivity contribution in [2.24, 2.45) is 5.92 Å². The summed E-state index contributed by atoms with van der Waals surface area (Å²) in [7, 11) is 1.63. The van der Waals surface area contributed by atoms with Crippen LogP contribution in [0.4, 0.5) is 4.39 Å². The predicted octanol–water partition coefficient (Wildman–Crippen LogP) is 7.42. The van der Waals surface area contributed by atoms with Gasteiger partial charge in [0.25, 0.3) is 5.91 Å². The van der Waals surface area contributed by atoms with Gasteiger partial charge in [-0.15, -0.1) is 0 Å². The Morgan fingerprint density at radius 3 is 2.59 bits per heavy atom. The van der Waals surface area contributed by atoms with Gasteiger partial charge < -0.3 is 15.0 Å². The van der Waals surface area contributed by atoms with Gasteiger partial charge in [0, 0.05) is 29.4 Å². The molecule has 2 aromatic carbocycles. The van der Waals surface area contributed by atoms with Crippen molar-refractivity contribution in [2.45, 2.75) is 52.4 Å². The van der Waals surface area contributed by atoms with Gasteiger partial charge in [-0.25, -0.2) is 4.39 Å². The minimum Gasteiger partial charge on any atom is -0.496 e. The first-order valence-electron chi connectivity index (χ1n) is 13.2. The molecule has 2 N–H and O–H groups in total. The highest BCUT2D eigenvalue weighted by Gasteiger charge is 2.25. The SMILES string of the molecule is CC.COc1ccccc1-c1[nH]c(C)cc1C(=O)NCC1CCC(c2ccnc3ccc(F)cc23)CC1. The van der Waals surface area contributed by atoms with Crippen molar-refractivity contribution < 1.29 is 13.9 Å². The van der Waals surface area contributed by atoms with Gasteiger partial charge in [0.2, 0.25) is 0 Å². The lowest BCUT2D eigenvalue weighted by Crippen LogP contribution is -2.31. The first-order chi connectivity index (χ1) is 18.0. The van der Waals surface area contributed by atoms with Gasteiger partial charge in [0.05, 0.1) is 23.9 Å². The Labute approximate surface area is 218 Å². The number of methoxy groups -OCH3 is 1. The van der Waals surface area contributed by atoms with E-state index in [0.717, 1.165) is 59.3 Å². The molecule has 0 aliphatic heterocycles. The van der Waals surface area contributed by atoms with Crippen LogP contribution in [0.1, 0.15) is 67.1 Å². The molecule has 194 valence electrons. The Hall–Kier alpha value is -3.67. The molecule has 5 nitrogen and oxygen atoms in total. The van der Waals surface area contributed by atoms with E-state index in [2.05, 4.69) is 15.3 Å². The molecule has 0 atom stereocenters. The van der Waals surface area contributed by atoms with Crippen LogP contribution in [0.5, 0.6) is 5.75 Å². The fraction of sp³-hybridized carbons (Fsp3) is 0.355. The third-order valence-electron chi connectivity index (χ3n) is 7.15. The maximum atomic E-state index is 13.9. The fourth-order valence-electron chi connectivity index (χ4n) is 5.34. The van der Waals surface area contributed by atoms with Crippen LogP contribution in [0.15, 0.2) is 60.8 Å². The number of ether oxygens (including phenoxy) is 1. The summed E-state index contributed by atoms with van der Waals surface area (Å²) in [5.41, 5.74) is 5.23. The van der Waals surface area contributed by atoms with Gasteiger partial charge in [-0.1, -0.05) is 26.0 Å². The van der Waals surface area contributed by atoms with E-state index in [-0.39, 0.29) is 11.7 Å². The van der Waals surface area contributed by atoms with Crippen LogP contribution in [0.2, 0.25) is 0 Å². The topological polar surface area (TPSA) is 67.0 Å². The highest BCUT2D eigenvalue weighted by Crippen LogP contribution is 2.38. The molecule has 0 saturated heterocycles. The van der Waals surface area contributed by atoms with Crippen LogP contribution in [0.3, 0.4) is 0 Å². The van der Waals surface area contributed by atoms with Crippen molar-refractivity contribution >= 4 is 16.8 Å². The van der Waals surface area contributed by atoms with Crippen molar-refractivity contribution in [1.29, 1.82) is 0 Å². The number of aryl methyl sites for hydroxylation is 1. The monoisotopic (exact) mass is 501 g/mol. The zero-order valence-corrected chi connectivity index (χ0v) is 22.1. The average molecular weight is 502 g/mol. The van der Waals surface area contributed by atoms with E-state index < -0.39 is 0 Å². The number of rotatable bonds is 6. The summed E-state index contributed by atoms with van der Waals surface area (Å²) in [6.45, 7) is 6.60. The van der Waals surface area contributed by atoms with Crippen molar-refractivity contribution in [2.75, 3.05) is 13.7 Å². The van der Waals surface area contributed by atoms with Crippen LogP contribution in [0, 0.1) is 18.7 Å². The quantitative estimate of drug-likeness (QED) is 0.289. The molecule has 1 aliphatic carbocycles. The first-order valence-corrected chi connectivity index (χ1v) is 13.2. The number of H-pyrrole nitrogens is 1.